The molecule has 24 heavy (non-hydrogen) atoms. The Kier molecular flexibility index (Phi) is 5.11. The summed E-state index contributed by atoms with van der Waals surface area (Å²) >= 11 is 0. The number of nitrogens with one attached hydrogen (secondary N) is 1. The number of carboxylic acids is 1. The van der Waals surface area contributed by atoms with Gasteiger partial charge in [0.05, 0.1) is 12.9 Å². The van der Waals surface area contributed by atoms with Crippen LogP contribution < -0.4 is 17.0 Å². The molecule has 2 rings (SSSR count). The van der Waals surface area contributed by atoms with E-state index in [-0.39, 0.29) is 36.7 Å². The molecule has 0 aliphatic rings. The average molecular weight is 339 g/mol. The average Bonchev–Trinajstić information content (AvgIpc) is 2.90. The zero-order valence-electron chi connectivity index (χ0n) is 12.5. The summed E-state index contributed by atoms with van der Waals surface area (Å²) in [6, 6.07) is -1.42. The molecular formula is C12H17N7O5. The van der Waals surface area contributed by atoms with E-state index in [1.807, 2.05) is 0 Å². The van der Waals surface area contributed by atoms with Gasteiger partial charge in [-0.2, -0.15) is 4.98 Å². The monoisotopic (exact) mass is 339 g/mol. The van der Waals surface area contributed by atoms with E-state index < -0.39 is 30.1 Å². The second-order valence-electron chi connectivity index (χ2n) is 4.91. The summed E-state index contributed by atoms with van der Waals surface area (Å²) in [5, 5.41) is 18.3. The van der Waals surface area contributed by atoms with Gasteiger partial charge in [0, 0.05) is 13.1 Å². The van der Waals surface area contributed by atoms with Gasteiger partial charge < -0.3 is 31.1 Å². The molecule has 1 amide bonds. The lowest BCUT2D eigenvalue weighted by Gasteiger charge is -2.27. The lowest BCUT2D eigenvalue weighted by Crippen LogP contribution is -2.50. The third-order valence-electron chi connectivity index (χ3n) is 3.32. The summed E-state index contributed by atoms with van der Waals surface area (Å²) in [7, 11) is 0. The van der Waals surface area contributed by atoms with Gasteiger partial charge in [0.15, 0.2) is 17.2 Å². The van der Waals surface area contributed by atoms with E-state index in [1.54, 1.807) is 0 Å². The van der Waals surface area contributed by atoms with Crippen LogP contribution in [0.3, 0.4) is 0 Å². The largest absolute Gasteiger partial charge is 0.480 e. The van der Waals surface area contributed by atoms with Crippen LogP contribution in [-0.2, 0) is 16.1 Å². The number of anilines is 1. The fourth-order valence-corrected chi connectivity index (χ4v) is 2.23. The summed E-state index contributed by atoms with van der Waals surface area (Å²) in [6.07, 6.45) is 1.22. The van der Waals surface area contributed by atoms with Crippen molar-refractivity contribution in [3.8, 4) is 0 Å². The predicted molar refractivity (Wildman–Crippen MR) is 81.8 cm³/mol. The number of H-pyrrole nitrogens is 1. The van der Waals surface area contributed by atoms with Crippen LogP contribution in [0.15, 0.2) is 11.1 Å². The highest BCUT2D eigenvalue weighted by Gasteiger charge is 2.29. The molecule has 0 aromatic carbocycles. The van der Waals surface area contributed by atoms with Gasteiger partial charge in [0.1, 0.15) is 6.54 Å². The number of carbonyl (C=O) groups is 2. The molecule has 0 spiro atoms. The van der Waals surface area contributed by atoms with Crippen molar-refractivity contribution >= 4 is 29.0 Å². The van der Waals surface area contributed by atoms with Gasteiger partial charge in [-0.1, -0.05) is 0 Å². The molecule has 0 radical (unpaired) electrons. The second-order valence-corrected chi connectivity index (χ2v) is 4.91. The third-order valence-corrected chi connectivity index (χ3v) is 3.32. The first-order valence-electron chi connectivity index (χ1n) is 6.92. The first-order chi connectivity index (χ1) is 11.4. The molecule has 130 valence electrons. The maximum Gasteiger partial charge on any atom is 0.328 e. The van der Waals surface area contributed by atoms with Gasteiger partial charge in [-0.25, -0.2) is 9.78 Å². The Morgan fingerprint density at radius 2 is 2.17 bits per heavy atom. The number of aliphatic carboxylic acids is 1. The molecule has 12 nitrogen and oxygen atoms in total. The van der Waals surface area contributed by atoms with Crippen molar-refractivity contribution in [3.05, 3.63) is 16.7 Å². The molecule has 12 heteroatoms. The van der Waals surface area contributed by atoms with E-state index in [4.69, 9.17) is 16.6 Å². The van der Waals surface area contributed by atoms with Crippen molar-refractivity contribution in [1.82, 2.24) is 24.4 Å². The quantitative estimate of drug-likeness (QED) is 0.348. The van der Waals surface area contributed by atoms with Gasteiger partial charge >= 0.3 is 5.97 Å². The Morgan fingerprint density at radius 1 is 1.46 bits per heavy atom. The number of imidazole rings is 1. The van der Waals surface area contributed by atoms with Gasteiger partial charge in [0.25, 0.3) is 5.56 Å². The summed E-state index contributed by atoms with van der Waals surface area (Å²) < 4.78 is 1.27. The van der Waals surface area contributed by atoms with Crippen molar-refractivity contribution in [2.24, 2.45) is 5.73 Å². The molecule has 1 atom stereocenters. The number of fused-ring (bicyclic) bond motifs is 1. The number of hydrogen-bond acceptors (Lipinski definition) is 8. The number of rotatable bonds is 7. The topological polar surface area (TPSA) is 193 Å². The van der Waals surface area contributed by atoms with Crippen molar-refractivity contribution in [2.45, 2.75) is 12.6 Å². The Labute approximate surface area is 134 Å². The summed E-state index contributed by atoms with van der Waals surface area (Å²) in [4.78, 5) is 46.3. The number of carbonyl (C=O) groups excluding carboxylic acids is 1. The number of aliphatic hydroxyl groups excluding tert-OH is 1. The van der Waals surface area contributed by atoms with Crippen LogP contribution in [0.1, 0.15) is 0 Å². The SMILES string of the molecule is NCCN(C(=O)Cn1cnc2c(=O)[nH]c(N)nc21)[C@H](CO)C(=O)O. The molecule has 0 fully saturated rings. The normalized spacial score (nSPS) is 12.2. The summed E-state index contributed by atoms with van der Waals surface area (Å²) in [6.45, 7) is -1.13. The van der Waals surface area contributed by atoms with E-state index in [0.717, 1.165) is 4.90 Å². The fraction of sp³-hybridized carbons (Fsp3) is 0.417. The number of aromatic amines is 1. The fourth-order valence-electron chi connectivity index (χ4n) is 2.23. The van der Waals surface area contributed by atoms with E-state index in [9.17, 15) is 19.5 Å². The zero-order valence-corrected chi connectivity index (χ0v) is 12.5. The van der Waals surface area contributed by atoms with Crippen LogP contribution in [-0.4, -0.2) is 72.2 Å². The molecule has 0 aliphatic carbocycles. The lowest BCUT2D eigenvalue weighted by molar-refractivity contribution is -0.152. The van der Waals surface area contributed by atoms with E-state index in [0.29, 0.717) is 0 Å². The molecule has 7 N–H and O–H groups in total. The molecule has 0 aliphatic heterocycles. The van der Waals surface area contributed by atoms with E-state index in [1.165, 1.54) is 10.9 Å². The van der Waals surface area contributed by atoms with Crippen LogP contribution in [0.25, 0.3) is 11.2 Å². The maximum absolute atomic E-state index is 12.4. The smallest absolute Gasteiger partial charge is 0.328 e. The minimum Gasteiger partial charge on any atom is -0.480 e. The first kappa shape index (κ1) is 17.4. The van der Waals surface area contributed by atoms with Crippen molar-refractivity contribution in [1.29, 1.82) is 0 Å². The number of nitrogens with zero attached hydrogens (tertiary/aromatic N) is 4. The molecule has 0 saturated heterocycles. The van der Waals surface area contributed by atoms with Crippen LogP contribution in [0.4, 0.5) is 5.95 Å². The highest BCUT2D eigenvalue weighted by Crippen LogP contribution is 2.08. The number of aliphatic hydroxyl groups is 1. The lowest BCUT2D eigenvalue weighted by atomic mass is 10.2. The Bertz CT molecular complexity index is 814. The molecule has 2 heterocycles. The summed E-state index contributed by atoms with van der Waals surface area (Å²) in [5.74, 6) is -2.12. The molecule has 2 aromatic rings. The highest BCUT2D eigenvalue weighted by molar-refractivity contribution is 5.84. The summed E-state index contributed by atoms with van der Waals surface area (Å²) in [5.41, 5.74) is 10.4. The number of amides is 1. The predicted octanol–water partition coefficient (Wildman–Crippen LogP) is -3.07. The minimum atomic E-state index is -1.42. The highest BCUT2D eigenvalue weighted by atomic mass is 16.4. The first-order valence-corrected chi connectivity index (χ1v) is 6.92. The molecule has 0 saturated carbocycles. The van der Waals surface area contributed by atoms with Crippen LogP contribution in [0, 0.1) is 0 Å². The Hall–Kier alpha value is -2.99. The van der Waals surface area contributed by atoms with Gasteiger partial charge in [-0.3, -0.25) is 14.6 Å². The number of nitrogens with two attached hydrogens (primary N) is 2. The number of aromatic nitrogens is 4. The van der Waals surface area contributed by atoms with Crippen molar-refractivity contribution in [3.63, 3.8) is 0 Å². The molecular weight excluding hydrogens is 322 g/mol. The van der Waals surface area contributed by atoms with Gasteiger partial charge in [-0.05, 0) is 0 Å². The third kappa shape index (κ3) is 3.33. The standard InChI is InChI=1S/C12H17N7O5/c13-1-2-19(6(4-20)11(23)24)7(21)3-18-5-15-8-9(18)16-12(14)17-10(8)22/h5-6,20H,1-4,13H2,(H,23,24)(H3,14,16,17,22)/t6-/m1/s1. The molecule has 0 bridgehead atoms. The number of hydrogen-bond donors (Lipinski definition) is 5. The zero-order chi connectivity index (χ0) is 17.9. The van der Waals surface area contributed by atoms with Crippen LogP contribution >= 0.6 is 0 Å². The van der Waals surface area contributed by atoms with Gasteiger partial charge in [0.2, 0.25) is 11.9 Å². The van der Waals surface area contributed by atoms with Crippen LogP contribution in [0.5, 0.6) is 0 Å². The van der Waals surface area contributed by atoms with E-state index >= 15 is 0 Å². The molecule has 2 aromatic heterocycles. The van der Waals surface area contributed by atoms with Crippen molar-refractivity contribution < 1.29 is 19.8 Å². The minimum absolute atomic E-state index is 0.000632. The van der Waals surface area contributed by atoms with Crippen LogP contribution in [0.2, 0.25) is 0 Å². The van der Waals surface area contributed by atoms with Gasteiger partial charge in [-0.15, -0.1) is 0 Å². The maximum atomic E-state index is 12.4. The van der Waals surface area contributed by atoms with E-state index in [2.05, 4.69) is 15.0 Å². The Morgan fingerprint density at radius 3 is 2.75 bits per heavy atom. The Balaban J connectivity index is 2.33. The number of carboxylic acid groups (broad SMARTS) is 1. The molecule has 0 unspecified atom stereocenters. The number of nitrogen functional groups attached to an aromatic ring is 1. The van der Waals surface area contributed by atoms with Crippen molar-refractivity contribution in [2.75, 3.05) is 25.4 Å². The second kappa shape index (κ2) is 7.06.